The summed E-state index contributed by atoms with van der Waals surface area (Å²) >= 11 is 0. The minimum absolute atomic E-state index is 0.230. The summed E-state index contributed by atoms with van der Waals surface area (Å²) in [7, 11) is 0. The van der Waals surface area contributed by atoms with Gasteiger partial charge in [-0.15, -0.1) is 0 Å². The molecule has 4 aromatic rings. The van der Waals surface area contributed by atoms with E-state index < -0.39 is 5.78 Å². The van der Waals surface area contributed by atoms with Crippen LogP contribution < -0.4 is 11.1 Å². The number of hydrogen-bond acceptors (Lipinski definition) is 4. The van der Waals surface area contributed by atoms with Crippen LogP contribution in [0.1, 0.15) is 16.1 Å². The number of nitrogens with one attached hydrogen (secondary N) is 3. The Labute approximate surface area is 155 Å². The van der Waals surface area contributed by atoms with Crippen LogP contribution in [0.25, 0.3) is 22.0 Å². The number of aromatic amines is 2. The second kappa shape index (κ2) is 6.93. The number of H-pyrrole nitrogens is 2. The van der Waals surface area contributed by atoms with E-state index in [0.717, 1.165) is 33.3 Å². The third-order valence-electron chi connectivity index (χ3n) is 4.57. The molecule has 5 N–H and O–H groups in total. The smallest absolute Gasteiger partial charge is 0.243 e. The molecule has 0 amide bonds. The van der Waals surface area contributed by atoms with Crippen molar-refractivity contribution in [3.63, 3.8) is 0 Å². The van der Waals surface area contributed by atoms with E-state index >= 15 is 0 Å². The van der Waals surface area contributed by atoms with E-state index in [1.165, 1.54) is 0 Å². The van der Waals surface area contributed by atoms with E-state index in [1.807, 2.05) is 54.7 Å². The van der Waals surface area contributed by atoms with Crippen molar-refractivity contribution >= 4 is 34.3 Å². The van der Waals surface area contributed by atoms with Gasteiger partial charge < -0.3 is 21.0 Å². The number of ketones is 1. The number of carbonyl (C=O) groups is 2. The Morgan fingerprint density at radius 1 is 1.00 bits per heavy atom. The van der Waals surface area contributed by atoms with Crippen LogP contribution in [0.15, 0.2) is 60.9 Å². The molecular weight excluding hydrogens is 340 g/mol. The molecule has 2 heterocycles. The quantitative estimate of drug-likeness (QED) is 0.239. The number of aldehydes is 1. The van der Waals surface area contributed by atoms with E-state index in [2.05, 4.69) is 15.3 Å². The fourth-order valence-corrected chi connectivity index (χ4v) is 3.18. The molecule has 0 atom stereocenters. The number of hydrogen-bond donors (Lipinski definition) is 4. The molecule has 4 rings (SSSR count). The molecule has 6 heteroatoms. The number of anilines is 2. The van der Waals surface area contributed by atoms with Crippen molar-refractivity contribution in [2.24, 2.45) is 5.73 Å². The summed E-state index contributed by atoms with van der Waals surface area (Å²) in [6.45, 7) is 0.458. The third-order valence-corrected chi connectivity index (χ3v) is 4.57. The Morgan fingerprint density at radius 3 is 2.48 bits per heavy atom. The predicted octanol–water partition coefficient (Wildman–Crippen LogP) is 3.75. The maximum Gasteiger partial charge on any atom is 0.243 e. The van der Waals surface area contributed by atoms with Gasteiger partial charge in [0.05, 0.1) is 5.69 Å². The molecule has 0 bridgehead atoms. The molecule has 0 aliphatic rings. The van der Waals surface area contributed by atoms with E-state index in [4.69, 9.17) is 5.73 Å². The number of aromatic nitrogens is 2. The van der Waals surface area contributed by atoms with E-state index in [0.29, 0.717) is 18.5 Å². The van der Waals surface area contributed by atoms with Gasteiger partial charge in [0.15, 0.2) is 6.29 Å². The minimum atomic E-state index is -0.609. The minimum Gasteiger partial charge on any atom is -0.361 e. The normalized spacial score (nSPS) is 10.9. The van der Waals surface area contributed by atoms with E-state index in [1.54, 1.807) is 6.20 Å². The largest absolute Gasteiger partial charge is 0.361 e. The monoisotopic (exact) mass is 358 g/mol. The van der Waals surface area contributed by atoms with Crippen LogP contribution >= 0.6 is 0 Å². The molecule has 2 aromatic heterocycles. The topological polar surface area (TPSA) is 104 Å². The molecule has 0 saturated carbocycles. The first kappa shape index (κ1) is 16.8. The van der Waals surface area contributed by atoms with Gasteiger partial charge in [-0.2, -0.15) is 0 Å². The first-order valence-electron chi connectivity index (χ1n) is 8.54. The zero-order chi connectivity index (χ0) is 18.8. The van der Waals surface area contributed by atoms with E-state index in [-0.39, 0.29) is 5.69 Å². The summed E-state index contributed by atoms with van der Waals surface area (Å²) in [4.78, 5) is 29.4. The molecule has 0 unspecified atom stereocenters. The number of fused-ring (bicyclic) bond motifs is 1. The molecule has 6 nitrogen and oxygen atoms in total. The second-order valence-electron chi connectivity index (χ2n) is 6.21. The van der Waals surface area contributed by atoms with E-state index in [9.17, 15) is 9.59 Å². The summed E-state index contributed by atoms with van der Waals surface area (Å²) in [5.74, 6) is -0.609. The Balaban J connectivity index is 1.83. The number of carbonyl (C=O) groups excluding carboxylic acids is 2. The highest BCUT2D eigenvalue weighted by molar-refractivity contribution is 6.35. The average molecular weight is 358 g/mol. The molecule has 134 valence electrons. The highest BCUT2D eigenvalue weighted by Crippen LogP contribution is 2.37. The van der Waals surface area contributed by atoms with Crippen LogP contribution in [0.2, 0.25) is 0 Å². The average Bonchev–Trinajstić information content (AvgIpc) is 3.32. The maximum absolute atomic E-state index is 12.1. The van der Waals surface area contributed by atoms with Crippen LogP contribution in [0, 0.1) is 0 Å². The van der Waals surface area contributed by atoms with Crippen LogP contribution in [0.3, 0.4) is 0 Å². The first-order chi connectivity index (χ1) is 13.2. The summed E-state index contributed by atoms with van der Waals surface area (Å²) < 4.78 is 0. The van der Waals surface area contributed by atoms with Gasteiger partial charge in [0, 0.05) is 46.7 Å². The molecule has 2 aromatic carbocycles. The van der Waals surface area contributed by atoms with Gasteiger partial charge in [0.2, 0.25) is 5.78 Å². The van der Waals surface area contributed by atoms with Crippen molar-refractivity contribution in [3.05, 3.63) is 72.2 Å². The maximum atomic E-state index is 12.1. The van der Waals surface area contributed by atoms with Crippen LogP contribution in [0.4, 0.5) is 11.4 Å². The Hall–Kier alpha value is -3.64. The molecule has 0 spiro atoms. The van der Waals surface area contributed by atoms with Gasteiger partial charge in [-0.25, -0.2) is 0 Å². The molecule has 0 aliphatic carbocycles. The molecular formula is C21H18N4O2. The van der Waals surface area contributed by atoms with Crippen molar-refractivity contribution in [1.82, 2.24) is 9.97 Å². The first-order valence-corrected chi connectivity index (χ1v) is 8.54. The van der Waals surface area contributed by atoms with Crippen LogP contribution in [-0.4, -0.2) is 22.0 Å². The molecule has 27 heavy (non-hydrogen) atoms. The number of Topliss-reactive ketones (excluding diaryl/α,β-unsaturated/α-hetero) is 1. The number of para-hydroxylation sites is 1. The fourth-order valence-electron chi connectivity index (χ4n) is 3.18. The third kappa shape index (κ3) is 3.02. The SMILES string of the molecule is NCc1ccc(Nc2c(-c3c[nH]c4ccccc34)c[nH]c2C(=O)C=O)cc1. The lowest BCUT2D eigenvalue weighted by atomic mass is 10.0. The molecule has 0 radical (unpaired) electrons. The van der Waals surface area contributed by atoms with Crippen molar-refractivity contribution in [2.45, 2.75) is 6.54 Å². The van der Waals surface area contributed by atoms with Gasteiger partial charge in [0.1, 0.15) is 5.69 Å². The zero-order valence-electron chi connectivity index (χ0n) is 14.5. The van der Waals surface area contributed by atoms with Crippen molar-refractivity contribution < 1.29 is 9.59 Å². The second-order valence-corrected chi connectivity index (χ2v) is 6.21. The lowest BCUT2D eigenvalue weighted by molar-refractivity contribution is -0.104. The number of benzene rings is 2. The molecule has 0 saturated heterocycles. The van der Waals surface area contributed by atoms with Crippen molar-refractivity contribution in [1.29, 1.82) is 0 Å². The van der Waals surface area contributed by atoms with Crippen molar-refractivity contribution in [3.8, 4) is 11.1 Å². The van der Waals surface area contributed by atoms with Gasteiger partial charge in [-0.05, 0) is 23.8 Å². The number of rotatable bonds is 6. The van der Waals surface area contributed by atoms with Crippen molar-refractivity contribution in [2.75, 3.05) is 5.32 Å². The van der Waals surface area contributed by atoms with Crippen LogP contribution in [-0.2, 0) is 11.3 Å². The van der Waals surface area contributed by atoms with Crippen LogP contribution in [0.5, 0.6) is 0 Å². The fraction of sp³-hybridized carbons (Fsp3) is 0.0476. The Bertz CT molecular complexity index is 1120. The highest BCUT2D eigenvalue weighted by atomic mass is 16.2. The molecule has 0 fully saturated rings. The summed E-state index contributed by atoms with van der Waals surface area (Å²) in [5, 5.41) is 4.31. The zero-order valence-corrected chi connectivity index (χ0v) is 14.5. The lowest BCUT2D eigenvalue weighted by Gasteiger charge is -2.10. The molecule has 0 aliphatic heterocycles. The van der Waals surface area contributed by atoms with Gasteiger partial charge in [0.25, 0.3) is 0 Å². The highest BCUT2D eigenvalue weighted by Gasteiger charge is 2.20. The number of nitrogens with two attached hydrogens (primary N) is 1. The van der Waals surface area contributed by atoms with Gasteiger partial charge in [-0.3, -0.25) is 9.59 Å². The van der Waals surface area contributed by atoms with Gasteiger partial charge >= 0.3 is 0 Å². The summed E-state index contributed by atoms with van der Waals surface area (Å²) in [6, 6.07) is 15.5. The Kier molecular flexibility index (Phi) is 4.32. The summed E-state index contributed by atoms with van der Waals surface area (Å²) in [5.41, 5.74) is 11.0. The lowest BCUT2D eigenvalue weighted by Crippen LogP contribution is -2.04. The standard InChI is InChI=1S/C21H18N4O2/c22-9-13-5-7-14(8-6-13)25-20-17(11-24-21(20)19(27)12-26)16-10-23-18-4-2-1-3-15(16)18/h1-8,10-12,23-25H,9,22H2. The summed E-state index contributed by atoms with van der Waals surface area (Å²) in [6.07, 6.45) is 3.95. The Morgan fingerprint density at radius 2 is 1.74 bits per heavy atom. The van der Waals surface area contributed by atoms with Gasteiger partial charge in [-0.1, -0.05) is 30.3 Å². The predicted molar refractivity (Wildman–Crippen MR) is 106 cm³/mol.